The second-order valence-corrected chi connectivity index (χ2v) is 6.37. The van der Waals surface area contributed by atoms with Crippen LogP contribution < -0.4 is 15.7 Å². The van der Waals surface area contributed by atoms with Crippen LogP contribution in [-0.2, 0) is 0 Å². The van der Waals surface area contributed by atoms with Crippen LogP contribution in [-0.4, -0.2) is 17.3 Å². The van der Waals surface area contributed by atoms with Crippen molar-refractivity contribution in [1.82, 2.24) is 10.2 Å². The number of hydrogen-bond acceptors (Lipinski definition) is 7. The molecule has 0 aliphatic heterocycles. The fourth-order valence-electron chi connectivity index (χ4n) is 2.41. The van der Waals surface area contributed by atoms with Crippen LogP contribution in [0.1, 0.15) is 0 Å². The Kier molecular flexibility index (Phi) is 4.10. The van der Waals surface area contributed by atoms with E-state index < -0.39 is 5.63 Å². The van der Waals surface area contributed by atoms with Gasteiger partial charge in [0.1, 0.15) is 17.1 Å². The number of ether oxygens (including phenoxy) is 1. The van der Waals surface area contributed by atoms with Crippen molar-refractivity contribution >= 4 is 33.1 Å². The van der Waals surface area contributed by atoms with Crippen LogP contribution in [0.15, 0.2) is 57.7 Å². The van der Waals surface area contributed by atoms with Gasteiger partial charge in [-0.3, -0.25) is 0 Å². The number of benzene rings is 2. The Morgan fingerprint density at radius 3 is 2.69 bits per heavy atom. The molecule has 2 heterocycles. The van der Waals surface area contributed by atoms with Gasteiger partial charge < -0.3 is 14.5 Å². The van der Waals surface area contributed by atoms with E-state index in [9.17, 15) is 9.18 Å². The predicted molar refractivity (Wildman–Crippen MR) is 97.6 cm³/mol. The quantitative estimate of drug-likeness (QED) is 0.543. The standard InChI is InChI=1S/C18H12FN3O3S/c1-24-13-7-2-10-8-14(17(23)25-15(10)9-13)16-21-22-18(26-16)20-12-5-3-11(19)4-6-12/h2-9H,1H3,(H,20,22). The molecule has 6 nitrogen and oxygen atoms in total. The lowest BCUT2D eigenvalue weighted by Gasteiger charge is -2.02. The van der Waals surface area contributed by atoms with Gasteiger partial charge in [0, 0.05) is 17.1 Å². The summed E-state index contributed by atoms with van der Waals surface area (Å²) < 4.78 is 23.5. The van der Waals surface area contributed by atoms with Crippen molar-refractivity contribution in [1.29, 1.82) is 0 Å². The maximum absolute atomic E-state index is 13.0. The highest BCUT2D eigenvalue weighted by Gasteiger charge is 2.14. The lowest BCUT2D eigenvalue weighted by Crippen LogP contribution is -2.02. The van der Waals surface area contributed by atoms with Crippen LogP contribution in [0.5, 0.6) is 5.75 Å². The summed E-state index contributed by atoms with van der Waals surface area (Å²) in [7, 11) is 1.55. The number of nitrogens with zero attached hydrogens (tertiary/aromatic N) is 2. The molecule has 4 aromatic rings. The highest BCUT2D eigenvalue weighted by molar-refractivity contribution is 7.18. The van der Waals surface area contributed by atoms with Crippen LogP contribution in [0, 0.1) is 5.82 Å². The van der Waals surface area contributed by atoms with Gasteiger partial charge in [-0.2, -0.15) is 0 Å². The zero-order valence-electron chi connectivity index (χ0n) is 13.5. The summed E-state index contributed by atoms with van der Waals surface area (Å²) in [6, 6.07) is 12.8. The molecule has 0 spiro atoms. The van der Waals surface area contributed by atoms with Gasteiger partial charge in [0.15, 0.2) is 5.01 Å². The second-order valence-electron chi connectivity index (χ2n) is 5.40. The number of methoxy groups -OCH3 is 1. The molecule has 2 aromatic heterocycles. The first kappa shape index (κ1) is 16.2. The van der Waals surface area contributed by atoms with Gasteiger partial charge in [-0.15, -0.1) is 10.2 Å². The van der Waals surface area contributed by atoms with Crippen LogP contribution in [0.3, 0.4) is 0 Å². The highest BCUT2D eigenvalue weighted by atomic mass is 32.1. The molecule has 0 aliphatic carbocycles. The molecule has 1 N–H and O–H groups in total. The number of anilines is 2. The van der Waals surface area contributed by atoms with Crippen LogP contribution in [0.4, 0.5) is 15.2 Å². The summed E-state index contributed by atoms with van der Waals surface area (Å²) >= 11 is 1.20. The molecular formula is C18H12FN3O3S. The molecule has 0 saturated carbocycles. The average Bonchev–Trinajstić information content (AvgIpc) is 3.10. The summed E-state index contributed by atoms with van der Waals surface area (Å²) in [6.07, 6.45) is 0. The van der Waals surface area contributed by atoms with Gasteiger partial charge in [0.2, 0.25) is 5.13 Å². The fourth-order valence-corrected chi connectivity index (χ4v) is 3.17. The fraction of sp³-hybridized carbons (Fsp3) is 0.0556. The van der Waals surface area contributed by atoms with E-state index in [-0.39, 0.29) is 5.82 Å². The van der Waals surface area contributed by atoms with E-state index in [2.05, 4.69) is 15.5 Å². The maximum Gasteiger partial charge on any atom is 0.346 e. The molecule has 0 radical (unpaired) electrons. The summed E-state index contributed by atoms with van der Waals surface area (Å²) in [5.41, 5.74) is 0.932. The Hall–Kier alpha value is -3.26. The highest BCUT2D eigenvalue weighted by Crippen LogP contribution is 2.29. The normalized spacial score (nSPS) is 10.8. The molecule has 0 fully saturated rings. The summed E-state index contributed by atoms with van der Waals surface area (Å²) in [5, 5.41) is 12.8. The van der Waals surface area contributed by atoms with Crippen LogP contribution in [0.25, 0.3) is 21.5 Å². The SMILES string of the molecule is COc1ccc2cc(-c3nnc(Nc4ccc(F)cc4)s3)c(=O)oc2c1. The second kappa shape index (κ2) is 6.57. The largest absolute Gasteiger partial charge is 0.497 e. The van der Waals surface area contributed by atoms with Gasteiger partial charge in [0.25, 0.3) is 0 Å². The van der Waals surface area contributed by atoms with E-state index >= 15 is 0 Å². The third-order valence-corrected chi connectivity index (χ3v) is 4.57. The summed E-state index contributed by atoms with van der Waals surface area (Å²) in [4.78, 5) is 12.3. The van der Waals surface area contributed by atoms with Gasteiger partial charge in [-0.05, 0) is 42.5 Å². The van der Waals surface area contributed by atoms with Gasteiger partial charge in [-0.25, -0.2) is 9.18 Å². The molecule has 130 valence electrons. The van der Waals surface area contributed by atoms with E-state index in [4.69, 9.17) is 9.15 Å². The van der Waals surface area contributed by atoms with Crippen LogP contribution >= 0.6 is 11.3 Å². The molecule has 0 bridgehead atoms. The first-order valence-corrected chi connectivity index (χ1v) is 8.42. The van der Waals surface area contributed by atoms with E-state index in [1.54, 1.807) is 43.5 Å². The van der Waals surface area contributed by atoms with Crippen molar-refractivity contribution in [2.75, 3.05) is 12.4 Å². The molecule has 4 rings (SSSR count). The molecule has 2 aromatic carbocycles. The molecule has 0 atom stereocenters. The number of hydrogen-bond donors (Lipinski definition) is 1. The molecular weight excluding hydrogens is 357 g/mol. The number of halogens is 1. The van der Waals surface area contributed by atoms with Gasteiger partial charge >= 0.3 is 5.63 Å². The predicted octanol–water partition coefficient (Wildman–Crippen LogP) is 4.20. The van der Waals surface area contributed by atoms with Crippen molar-refractivity contribution < 1.29 is 13.5 Å². The van der Waals surface area contributed by atoms with E-state index in [1.165, 1.54) is 23.5 Å². The minimum Gasteiger partial charge on any atom is -0.497 e. The third kappa shape index (κ3) is 3.14. The Labute approximate surface area is 150 Å². The molecule has 8 heteroatoms. The van der Waals surface area contributed by atoms with Gasteiger partial charge in [-0.1, -0.05) is 11.3 Å². The topological polar surface area (TPSA) is 77.3 Å². The first-order chi connectivity index (χ1) is 12.6. The number of fused-ring (bicyclic) bond motifs is 1. The molecule has 0 amide bonds. The van der Waals surface area contributed by atoms with Crippen molar-refractivity contribution in [3.63, 3.8) is 0 Å². The van der Waals surface area contributed by atoms with Crippen molar-refractivity contribution in [2.24, 2.45) is 0 Å². The van der Waals surface area contributed by atoms with Crippen molar-refractivity contribution in [3.05, 3.63) is 64.8 Å². The molecule has 26 heavy (non-hydrogen) atoms. The van der Waals surface area contributed by atoms with E-state index in [0.717, 1.165) is 5.39 Å². The summed E-state index contributed by atoms with van der Waals surface area (Å²) in [6.45, 7) is 0. The van der Waals surface area contributed by atoms with Crippen LogP contribution in [0.2, 0.25) is 0 Å². The summed E-state index contributed by atoms with van der Waals surface area (Å²) in [5.74, 6) is 0.286. The number of nitrogens with one attached hydrogen (secondary N) is 1. The Balaban J connectivity index is 1.67. The number of rotatable bonds is 4. The Bertz CT molecular complexity index is 1140. The molecule has 0 saturated heterocycles. The van der Waals surface area contributed by atoms with E-state index in [0.29, 0.717) is 32.7 Å². The third-order valence-electron chi connectivity index (χ3n) is 3.69. The zero-order chi connectivity index (χ0) is 18.1. The molecule has 0 unspecified atom stereocenters. The first-order valence-electron chi connectivity index (χ1n) is 7.61. The van der Waals surface area contributed by atoms with Crippen molar-refractivity contribution in [3.8, 4) is 16.3 Å². The Morgan fingerprint density at radius 2 is 1.92 bits per heavy atom. The lowest BCUT2D eigenvalue weighted by molar-refractivity contribution is 0.414. The maximum atomic E-state index is 13.0. The minimum absolute atomic E-state index is 0.320. The zero-order valence-corrected chi connectivity index (χ0v) is 14.3. The van der Waals surface area contributed by atoms with Crippen molar-refractivity contribution in [2.45, 2.75) is 0 Å². The smallest absolute Gasteiger partial charge is 0.346 e. The molecule has 0 aliphatic rings. The van der Waals surface area contributed by atoms with E-state index in [1.807, 2.05) is 0 Å². The minimum atomic E-state index is -0.504. The lowest BCUT2D eigenvalue weighted by atomic mass is 10.2. The Morgan fingerprint density at radius 1 is 1.12 bits per heavy atom. The number of aromatic nitrogens is 2. The average molecular weight is 369 g/mol. The monoisotopic (exact) mass is 369 g/mol. The van der Waals surface area contributed by atoms with Gasteiger partial charge in [0.05, 0.1) is 12.7 Å².